The van der Waals surface area contributed by atoms with Gasteiger partial charge in [0.2, 0.25) is 0 Å². The Hall–Kier alpha value is -2.03. The maximum Gasteiger partial charge on any atom is 0.130 e. The number of rotatable bonds is 3. The smallest absolute Gasteiger partial charge is 0.130 e. The second kappa shape index (κ2) is 4.87. The van der Waals surface area contributed by atoms with E-state index in [0.717, 1.165) is 11.4 Å². The van der Waals surface area contributed by atoms with Crippen LogP contribution in [0.5, 0.6) is 5.75 Å². The van der Waals surface area contributed by atoms with Crippen LogP contribution in [0.25, 0.3) is 0 Å². The van der Waals surface area contributed by atoms with Crippen LogP contribution in [0.3, 0.4) is 0 Å². The van der Waals surface area contributed by atoms with Gasteiger partial charge in [-0.25, -0.2) is 4.98 Å². The van der Waals surface area contributed by atoms with E-state index >= 15 is 0 Å². The van der Waals surface area contributed by atoms with Crippen LogP contribution in [-0.4, -0.2) is 4.98 Å². The van der Waals surface area contributed by atoms with Crippen LogP contribution in [0.2, 0.25) is 0 Å². The zero-order chi connectivity index (χ0) is 12.3. The van der Waals surface area contributed by atoms with Crippen LogP contribution < -0.4 is 10.5 Å². The van der Waals surface area contributed by atoms with Crippen molar-refractivity contribution in [3.8, 4) is 5.75 Å². The van der Waals surface area contributed by atoms with Crippen LogP contribution in [0.15, 0.2) is 36.4 Å². The van der Waals surface area contributed by atoms with Gasteiger partial charge < -0.3 is 10.5 Å². The monoisotopic (exact) mass is 228 g/mol. The highest BCUT2D eigenvalue weighted by atomic mass is 16.5. The standard InChI is InChI=1S/C14H16N2O/c1-10-6-11(2)8-13(7-10)17-9-12-4-3-5-14(15)16-12/h3-8H,9H2,1-2H3,(H2,15,16). The number of nitrogen functional groups attached to an aromatic ring is 1. The quantitative estimate of drug-likeness (QED) is 0.878. The number of hydrogen-bond donors (Lipinski definition) is 1. The molecule has 3 heteroatoms. The Kier molecular flexibility index (Phi) is 3.28. The summed E-state index contributed by atoms with van der Waals surface area (Å²) in [6.45, 7) is 4.55. The molecular weight excluding hydrogens is 212 g/mol. The lowest BCUT2D eigenvalue weighted by atomic mass is 10.1. The van der Waals surface area contributed by atoms with Gasteiger partial charge in [0.1, 0.15) is 18.2 Å². The summed E-state index contributed by atoms with van der Waals surface area (Å²) in [5.74, 6) is 1.39. The number of hydrogen-bond acceptors (Lipinski definition) is 3. The highest BCUT2D eigenvalue weighted by Crippen LogP contribution is 2.17. The molecule has 0 unspecified atom stereocenters. The number of nitrogens with zero attached hydrogens (tertiary/aromatic N) is 1. The fraction of sp³-hybridized carbons (Fsp3) is 0.214. The summed E-state index contributed by atoms with van der Waals surface area (Å²) in [7, 11) is 0. The fourth-order valence-corrected chi connectivity index (χ4v) is 1.75. The number of aromatic nitrogens is 1. The zero-order valence-electron chi connectivity index (χ0n) is 10.1. The summed E-state index contributed by atoms with van der Waals surface area (Å²) in [6.07, 6.45) is 0. The molecule has 1 heterocycles. The number of pyridine rings is 1. The Morgan fingerprint density at radius 1 is 1.12 bits per heavy atom. The van der Waals surface area contributed by atoms with E-state index in [4.69, 9.17) is 10.5 Å². The summed E-state index contributed by atoms with van der Waals surface area (Å²) in [5.41, 5.74) is 8.84. The Labute approximate surface area is 101 Å². The predicted octanol–water partition coefficient (Wildman–Crippen LogP) is 2.86. The molecule has 2 aromatic rings. The molecule has 0 fully saturated rings. The van der Waals surface area contributed by atoms with Crippen molar-refractivity contribution in [2.75, 3.05) is 5.73 Å². The van der Waals surface area contributed by atoms with Crippen molar-refractivity contribution in [2.45, 2.75) is 20.5 Å². The van der Waals surface area contributed by atoms with Gasteiger partial charge in [-0.05, 0) is 49.2 Å². The van der Waals surface area contributed by atoms with E-state index in [0.29, 0.717) is 12.4 Å². The van der Waals surface area contributed by atoms with Crippen molar-refractivity contribution in [2.24, 2.45) is 0 Å². The molecule has 0 saturated heterocycles. The first-order valence-electron chi connectivity index (χ1n) is 5.56. The molecule has 0 aliphatic rings. The van der Waals surface area contributed by atoms with E-state index in [1.54, 1.807) is 6.07 Å². The maximum absolute atomic E-state index is 5.69. The third kappa shape index (κ3) is 3.21. The highest BCUT2D eigenvalue weighted by Gasteiger charge is 1.99. The molecule has 2 N–H and O–H groups in total. The minimum Gasteiger partial charge on any atom is -0.487 e. The van der Waals surface area contributed by atoms with E-state index < -0.39 is 0 Å². The molecule has 88 valence electrons. The summed E-state index contributed by atoms with van der Waals surface area (Å²) in [6, 6.07) is 11.7. The summed E-state index contributed by atoms with van der Waals surface area (Å²) in [5, 5.41) is 0. The lowest BCUT2D eigenvalue weighted by Crippen LogP contribution is -2.00. The molecule has 0 amide bonds. The molecule has 0 atom stereocenters. The van der Waals surface area contributed by atoms with Crippen LogP contribution in [0.1, 0.15) is 16.8 Å². The molecule has 0 spiro atoms. The fourth-order valence-electron chi connectivity index (χ4n) is 1.75. The molecule has 1 aromatic carbocycles. The average Bonchev–Trinajstić information content (AvgIpc) is 2.25. The second-order valence-electron chi connectivity index (χ2n) is 4.17. The van der Waals surface area contributed by atoms with Gasteiger partial charge in [-0.3, -0.25) is 0 Å². The third-order valence-electron chi connectivity index (χ3n) is 2.41. The van der Waals surface area contributed by atoms with Crippen LogP contribution in [0, 0.1) is 13.8 Å². The van der Waals surface area contributed by atoms with Gasteiger partial charge in [-0.2, -0.15) is 0 Å². The first-order valence-corrected chi connectivity index (χ1v) is 5.56. The molecule has 1 aromatic heterocycles. The van der Waals surface area contributed by atoms with Crippen molar-refractivity contribution in [3.63, 3.8) is 0 Å². The van der Waals surface area contributed by atoms with Gasteiger partial charge in [-0.15, -0.1) is 0 Å². The molecule has 0 aliphatic carbocycles. The van der Waals surface area contributed by atoms with Gasteiger partial charge in [-0.1, -0.05) is 12.1 Å². The number of aryl methyl sites for hydroxylation is 2. The molecule has 0 radical (unpaired) electrons. The van der Waals surface area contributed by atoms with Crippen molar-refractivity contribution >= 4 is 5.82 Å². The number of anilines is 1. The topological polar surface area (TPSA) is 48.1 Å². The molecule has 17 heavy (non-hydrogen) atoms. The van der Waals surface area contributed by atoms with Crippen LogP contribution >= 0.6 is 0 Å². The van der Waals surface area contributed by atoms with E-state index in [1.165, 1.54) is 11.1 Å². The first-order chi connectivity index (χ1) is 8.13. The number of nitrogens with two attached hydrogens (primary N) is 1. The van der Waals surface area contributed by atoms with E-state index in [2.05, 4.69) is 24.9 Å². The van der Waals surface area contributed by atoms with Crippen LogP contribution in [-0.2, 0) is 6.61 Å². The van der Waals surface area contributed by atoms with E-state index in [-0.39, 0.29) is 0 Å². The lowest BCUT2D eigenvalue weighted by Gasteiger charge is -2.08. The SMILES string of the molecule is Cc1cc(C)cc(OCc2cccc(N)n2)c1. The van der Waals surface area contributed by atoms with Crippen LogP contribution in [0.4, 0.5) is 5.82 Å². The normalized spacial score (nSPS) is 10.2. The number of ether oxygens (including phenoxy) is 1. The summed E-state index contributed by atoms with van der Waals surface area (Å²) >= 11 is 0. The van der Waals surface area contributed by atoms with Crippen molar-refractivity contribution in [1.82, 2.24) is 4.98 Å². The Morgan fingerprint density at radius 2 is 1.82 bits per heavy atom. The van der Waals surface area contributed by atoms with Crippen molar-refractivity contribution in [1.29, 1.82) is 0 Å². The molecule has 2 rings (SSSR count). The first kappa shape index (κ1) is 11.5. The van der Waals surface area contributed by atoms with Gasteiger partial charge in [0.05, 0.1) is 5.69 Å². The minimum absolute atomic E-state index is 0.438. The number of benzene rings is 1. The van der Waals surface area contributed by atoms with Crippen molar-refractivity contribution in [3.05, 3.63) is 53.2 Å². The Balaban J connectivity index is 2.07. The summed E-state index contributed by atoms with van der Waals surface area (Å²) < 4.78 is 5.69. The second-order valence-corrected chi connectivity index (χ2v) is 4.17. The Morgan fingerprint density at radius 3 is 2.47 bits per heavy atom. The minimum atomic E-state index is 0.438. The van der Waals surface area contributed by atoms with Crippen molar-refractivity contribution < 1.29 is 4.74 Å². The molecule has 0 bridgehead atoms. The summed E-state index contributed by atoms with van der Waals surface area (Å²) in [4.78, 5) is 4.19. The van der Waals surface area contributed by atoms with Gasteiger partial charge >= 0.3 is 0 Å². The molecular formula is C14H16N2O. The third-order valence-corrected chi connectivity index (χ3v) is 2.41. The highest BCUT2D eigenvalue weighted by molar-refractivity contribution is 5.33. The molecule has 0 saturated carbocycles. The van der Waals surface area contributed by atoms with Gasteiger partial charge in [0.25, 0.3) is 0 Å². The van der Waals surface area contributed by atoms with E-state index in [9.17, 15) is 0 Å². The molecule has 3 nitrogen and oxygen atoms in total. The van der Waals surface area contributed by atoms with Gasteiger partial charge in [0.15, 0.2) is 0 Å². The maximum atomic E-state index is 5.69. The average molecular weight is 228 g/mol. The predicted molar refractivity (Wildman–Crippen MR) is 68.9 cm³/mol. The lowest BCUT2D eigenvalue weighted by molar-refractivity contribution is 0.301. The molecule has 0 aliphatic heterocycles. The Bertz CT molecular complexity index is 503. The largest absolute Gasteiger partial charge is 0.487 e. The zero-order valence-corrected chi connectivity index (χ0v) is 10.1. The van der Waals surface area contributed by atoms with Gasteiger partial charge in [0, 0.05) is 0 Å². The van der Waals surface area contributed by atoms with E-state index in [1.807, 2.05) is 24.3 Å².